The van der Waals surface area contributed by atoms with Crippen LogP contribution in [-0.4, -0.2) is 44.2 Å². The van der Waals surface area contributed by atoms with Crippen molar-refractivity contribution in [3.63, 3.8) is 0 Å². The molecule has 1 aliphatic rings. The number of ether oxygens (including phenoxy) is 1. The number of hydrogen-bond donors (Lipinski definition) is 3. The third kappa shape index (κ3) is 1.94. The fourth-order valence-corrected chi connectivity index (χ4v) is 1.96. The average Bonchev–Trinajstić information content (AvgIpc) is 2.67. The number of hydrogen-bond acceptors (Lipinski definition) is 5. The molecule has 1 saturated heterocycles. The Morgan fingerprint density at radius 3 is 2.80 bits per heavy atom. The number of nitrogens with one attached hydrogen (secondary N) is 1. The molecule has 1 aliphatic heterocycles. The molecule has 20 heavy (non-hydrogen) atoms. The summed E-state index contributed by atoms with van der Waals surface area (Å²) in [5.74, 6) is 0.285. The van der Waals surface area contributed by atoms with Gasteiger partial charge in [0.25, 0.3) is 5.56 Å². The standard InChI is InChI=1S/C11H10F2N2O5/c1-2-11(13)7(17)6(4-16)20-9(11)15-3-5(12)8(18)14-10(15)19/h1,3,6-7,9,16-17H,4H2,(H,14,18,19)/t6-,7-,9-,11-/m1/s1. The zero-order valence-electron chi connectivity index (χ0n) is 9.92. The van der Waals surface area contributed by atoms with Gasteiger partial charge in [-0.3, -0.25) is 14.3 Å². The van der Waals surface area contributed by atoms with Crippen LogP contribution in [0.25, 0.3) is 0 Å². The number of rotatable bonds is 2. The highest BCUT2D eigenvalue weighted by Gasteiger charge is 2.57. The molecule has 0 aromatic carbocycles. The largest absolute Gasteiger partial charge is 0.394 e. The number of nitrogens with zero attached hydrogens (tertiary/aromatic N) is 1. The molecule has 9 heteroatoms. The van der Waals surface area contributed by atoms with Crippen molar-refractivity contribution in [2.45, 2.75) is 24.1 Å². The summed E-state index contributed by atoms with van der Waals surface area (Å²) >= 11 is 0. The lowest BCUT2D eigenvalue weighted by atomic mass is 9.97. The van der Waals surface area contributed by atoms with Crippen LogP contribution in [0.5, 0.6) is 0 Å². The first-order valence-electron chi connectivity index (χ1n) is 5.47. The lowest BCUT2D eigenvalue weighted by Crippen LogP contribution is -2.45. The van der Waals surface area contributed by atoms with Crippen molar-refractivity contribution < 1.29 is 23.7 Å². The number of aromatic amines is 1. The number of alkyl halides is 1. The Bertz CT molecular complexity index is 679. The fraction of sp³-hybridized carbons (Fsp3) is 0.455. The van der Waals surface area contributed by atoms with Gasteiger partial charge in [-0.15, -0.1) is 6.42 Å². The first-order chi connectivity index (χ1) is 9.35. The Kier molecular flexibility index (Phi) is 3.47. The molecule has 0 unspecified atom stereocenters. The van der Waals surface area contributed by atoms with Gasteiger partial charge in [0.05, 0.1) is 12.8 Å². The third-order valence-electron chi connectivity index (χ3n) is 3.02. The van der Waals surface area contributed by atoms with Crippen molar-refractivity contribution in [1.82, 2.24) is 9.55 Å². The molecule has 7 nitrogen and oxygen atoms in total. The van der Waals surface area contributed by atoms with Crippen molar-refractivity contribution in [2.24, 2.45) is 0 Å². The lowest BCUT2D eigenvalue weighted by Gasteiger charge is -2.23. The van der Waals surface area contributed by atoms with Crippen molar-refractivity contribution in [1.29, 1.82) is 0 Å². The van der Waals surface area contributed by atoms with E-state index in [-0.39, 0.29) is 0 Å². The third-order valence-corrected chi connectivity index (χ3v) is 3.02. The van der Waals surface area contributed by atoms with Crippen LogP contribution >= 0.6 is 0 Å². The highest BCUT2D eigenvalue weighted by molar-refractivity contribution is 5.19. The van der Waals surface area contributed by atoms with Crippen LogP contribution in [0.2, 0.25) is 0 Å². The Labute approximate surface area is 110 Å². The van der Waals surface area contributed by atoms with Gasteiger partial charge in [-0.05, 0) is 0 Å². The Morgan fingerprint density at radius 1 is 1.60 bits per heavy atom. The zero-order valence-corrected chi connectivity index (χ0v) is 9.92. The molecule has 1 aromatic rings. The second-order valence-corrected chi connectivity index (χ2v) is 4.21. The lowest BCUT2D eigenvalue weighted by molar-refractivity contribution is -0.0547. The molecule has 1 fully saturated rings. The highest BCUT2D eigenvalue weighted by atomic mass is 19.1. The second kappa shape index (κ2) is 4.82. The van der Waals surface area contributed by atoms with Crippen LogP contribution in [0.1, 0.15) is 6.23 Å². The second-order valence-electron chi connectivity index (χ2n) is 4.21. The highest BCUT2D eigenvalue weighted by Crippen LogP contribution is 2.40. The Morgan fingerprint density at radius 2 is 2.25 bits per heavy atom. The van der Waals surface area contributed by atoms with E-state index in [9.17, 15) is 23.5 Å². The van der Waals surface area contributed by atoms with Crippen LogP contribution < -0.4 is 11.2 Å². The van der Waals surface area contributed by atoms with Gasteiger partial charge < -0.3 is 14.9 Å². The van der Waals surface area contributed by atoms with E-state index >= 15 is 0 Å². The summed E-state index contributed by atoms with van der Waals surface area (Å²) in [5, 5.41) is 18.6. The minimum absolute atomic E-state index is 0.384. The van der Waals surface area contributed by atoms with E-state index in [2.05, 4.69) is 0 Å². The maximum Gasteiger partial charge on any atom is 0.330 e. The summed E-state index contributed by atoms with van der Waals surface area (Å²) in [6.07, 6.45) is 0.239. The van der Waals surface area contributed by atoms with Crippen LogP contribution in [0.3, 0.4) is 0 Å². The van der Waals surface area contributed by atoms with E-state index in [4.69, 9.17) is 16.3 Å². The van der Waals surface area contributed by atoms with Gasteiger partial charge in [-0.1, -0.05) is 5.92 Å². The summed E-state index contributed by atoms with van der Waals surface area (Å²) in [6, 6.07) is 0. The monoisotopic (exact) mass is 288 g/mol. The SMILES string of the molecule is C#C[C@@]1(F)[C@H](O)[C@@H](CO)O[C@H]1n1cc(F)c(=O)[nH]c1=O. The van der Waals surface area contributed by atoms with Gasteiger partial charge in [0.2, 0.25) is 11.5 Å². The summed E-state index contributed by atoms with van der Waals surface area (Å²) < 4.78 is 33.1. The zero-order chi connectivity index (χ0) is 15.1. The average molecular weight is 288 g/mol. The summed E-state index contributed by atoms with van der Waals surface area (Å²) in [4.78, 5) is 24.1. The predicted molar refractivity (Wildman–Crippen MR) is 61.0 cm³/mol. The first-order valence-corrected chi connectivity index (χ1v) is 5.47. The molecule has 0 radical (unpaired) electrons. The molecule has 0 amide bonds. The maximum atomic E-state index is 14.5. The van der Waals surface area contributed by atoms with Crippen LogP contribution in [-0.2, 0) is 4.74 Å². The quantitative estimate of drug-likeness (QED) is 0.561. The van der Waals surface area contributed by atoms with Gasteiger partial charge in [0.15, 0.2) is 6.23 Å². The molecular weight excluding hydrogens is 278 g/mol. The predicted octanol–water partition coefficient (Wildman–Crippen LogP) is -1.73. The molecule has 1 aromatic heterocycles. The molecule has 0 saturated carbocycles. The number of terminal acetylenes is 1. The van der Waals surface area contributed by atoms with E-state index in [0.29, 0.717) is 10.8 Å². The Balaban J connectivity index is 2.58. The Hall–Kier alpha value is -2.02. The molecule has 4 atom stereocenters. The van der Waals surface area contributed by atoms with Gasteiger partial charge in [0.1, 0.15) is 12.2 Å². The van der Waals surface area contributed by atoms with E-state index in [1.54, 1.807) is 10.9 Å². The minimum Gasteiger partial charge on any atom is -0.394 e. The number of aliphatic hydroxyl groups excluding tert-OH is 2. The summed E-state index contributed by atoms with van der Waals surface area (Å²) in [7, 11) is 0. The first kappa shape index (κ1) is 14.4. The van der Waals surface area contributed by atoms with Crippen LogP contribution in [0.15, 0.2) is 15.8 Å². The minimum atomic E-state index is -2.86. The number of aromatic nitrogens is 2. The van der Waals surface area contributed by atoms with E-state index in [0.717, 1.165) is 0 Å². The van der Waals surface area contributed by atoms with Crippen molar-refractivity contribution in [3.05, 3.63) is 32.9 Å². The molecule has 0 aliphatic carbocycles. The van der Waals surface area contributed by atoms with Crippen LogP contribution in [0, 0.1) is 18.2 Å². The van der Waals surface area contributed by atoms with Crippen molar-refractivity contribution in [2.75, 3.05) is 6.61 Å². The molecular formula is C11H10F2N2O5. The van der Waals surface area contributed by atoms with E-state index in [1.165, 1.54) is 0 Å². The summed E-state index contributed by atoms with van der Waals surface area (Å²) in [5.41, 5.74) is -5.31. The number of halogens is 2. The van der Waals surface area contributed by atoms with Crippen molar-refractivity contribution >= 4 is 0 Å². The van der Waals surface area contributed by atoms with Crippen molar-refractivity contribution in [3.8, 4) is 12.3 Å². The summed E-state index contributed by atoms with van der Waals surface area (Å²) in [6.45, 7) is -0.758. The normalized spacial score (nSPS) is 33.0. The molecule has 2 heterocycles. The number of aliphatic hydroxyl groups is 2. The fourth-order valence-electron chi connectivity index (χ4n) is 1.96. The molecule has 3 N–H and O–H groups in total. The van der Waals surface area contributed by atoms with Gasteiger partial charge in [-0.25, -0.2) is 9.18 Å². The molecule has 108 valence electrons. The maximum absolute atomic E-state index is 14.5. The van der Waals surface area contributed by atoms with E-state index in [1.807, 2.05) is 0 Å². The molecule has 0 spiro atoms. The number of H-pyrrole nitrogens is 1. The van der Waals surface area contributed by atoms with Gasteiger partial charge >= 0.3 is 5.69 Å². The smallest absolute Gasteiger partial charge is 0.330 e. The van der Waals surface area contributed by atoms with Gasteiger partial charge in [-0.2, -0.15) is 4.39 Å². The van der Waals surface area contributed by atoms with E-state index < -0.39 is 47.8 Å². The van der Waals surface area contributed by atoms with Crippen LogP contribution in [0.4, 0.5) is 8.78 Å². The molecule has 2 rings (SSSR count). The van der Waals surface area contributed by atoms with Gasteiger partial charge in [0, 0.05) is 0 Å². The topological polar surface area (TPSA) is 105 Å². The molecule has 0 bridgehead atoms.